The molecule has 7 rings (SSSR count). The molecule has 0 amide bonds. The second-order valence-electron chi connectivity index (χ2n) is 18.8. The number of para-hydroxylation sites is 1. The number of benzene rings is 3. The van der Waals surface area contributed by atoms with E-state index in [0.29, 0.717) is 31.7 Å². The number of nitrogens with zero attached hydrogens (tertiary/aromatic N) is 3. The van der Waals surface area contributed by atoms with Crippen molar-refractivity contribution in [3.8, 4) is 17.2 Å². The van der Waals surface area contributed by atoms with Crippen LogP contribution in [-0.4, -0.2) is 70.6 Å². The van der Waals surface area contributed by atoms with Gasteiger partial charge in [-0.25, -0.2) is 14.8 Å². The molecule has 0 atom stereocenters. The minimum atomic E-state index is -0.354. The number of esters is 1. The number of hydrogen-bond donors (Lipinski definition) is 0. The summed E-state index contributed by atoms with van der Waals surface area (Å²) >= 11 is 1.69. The zero-order valence-corrected chi connectivity index (χ0v) is 42.6. The van der Waals surface area contributed by atoms with E-state index < -0.39 is 0 Å². The first-order valence-corrected chi connectivity index (χ1v) is 26.6. The van der Waals surface area contributed by atoms with Crippen molar-refractivity contribution in [2.24, 2.45) is 28.8 Å². The van der Waals surface area contributed by atoms with Crippen molar-refractivity contribution in [3.63, 3.8) is 0 Å². The van der Waals surface area contributed by atoms with Crippen LogP contribution in [-0.2, 0) is 19.1 Å². The van der Waals surface area contributed by atoms with Crippen molar-refractivity contribution in [2.75, 3.05) is 52.2 Å². The summed E-state index contributed by atoms with van der Waals surface area (Å²) in [7, 11) is 3.42. The van der Waals surface area contributed by atoms with Gasteiger partial charge in [0.2, 0.25) is 5.13 Å². The Kier molecular flexibility index (Phi) is 25.0. The Morgan fingerprint density at radius 3 is 2.13 bits per heavy atom. The molecule has 11 heteroatoms. The standard InChI is InChI=1S/C34H45N3O2S.C16H22O4.C7H14O/c1-3-7-25-14-16-28(17-15-25)29-18-19-32(39-24-27-12-10-26(23-38)11-13-27)30(21-29)22-35-37(20-4-2)34-36-31-8-5-6-9-33(31)40-34;1-3-16(17)20-13-7-5-4-6-12-19-15-10-8-14(18-2)9-11-15;1-8-6-5-7-3-2-4-7/h5-6,8-9,18-19,21-23,25-28H,3-4,7,10-17,20,24H2,1-2H3;3,8-11H,1,4-7,12-13H2,2H3;7H,2-6H2,1H3/b35-22+;;. The quantitative estimate of drug-likeness (QED) is 0.0160. The molecule has 1 aromatic heterocycles. The van der Waals surface area contributed by atoms with E-state index in [1.807, 2.05) is 41.6 Å². The Labute approximate surface area is 412 Å². The van der Waals surface area contributed by atoms with E-state index in [9.17, 15) is 9.59 Å². The number of anilines is 1. The molecule has 1 heterocycles. The maximum absolute atomic E-state index is 11.2. The van der Waals surface area contributed by atoms with E-state index in [4.69, 9.17) is 33.8 Å². The molecule has 0 spiro atoms. The molecule has 68 heavy (non-hydrogen) atoms. The predicted molar refractivity (Wildman–Crippen MR) is 280 cm³/mol. The monoisotopic (exact) mass is 952 g/mol. The molecule has 3 aromatic carbocycles. The van der Waals surface area contributed by atoms with Crippen molar-refractivity contribution in [1.29, 1.82) is 0 Å². The van der Waals surface area contributed by atoms with Gasteiger partial charge in [0, 0.05) is 37.8 Å². The third kappa shape index (κ3) is 19.0. The van der Waals surface area contributed by atoms with Gasteiger partial charge in [0.05, 0.1) is 43.4 Å². The lowest BCUT2D eigenvalue weighted by atomic mass is 9.77. The molecule has 3 aliphatic carbocycles. The molecule has 0 saturated heterocycles. The smallest absolute Gasteiger partial charge is 0.330 e. The van der Waals surface area contributed by atoms with Gasteiger partial charge in [-0.05, 0) is 168 Å². The number of hydrazone groups is 1. The number of methoxy groups -OCH3 is 2. The summed E-state index contributed by atoms with van der Waals surface area (Å²) in [6.45, 7) is 11.5. The number of fused-ring (bicyclic) bond motifs is 1. The highest BCUT2D eigenvalue weighted by molar-refractivity contribution is 7.22. The van der Waals surface area contributed by atoms with Crippen LogP contribution in [0.4, 0.5) is 5.13 Å². The van der Waals surface area contributed by atoms with Gasteiger partial charge in [-0.1, -0.05) is 82.1 Å². The number of carbonyl (C=O) groups excluding carboxylic acids is 2. The molecular formula is C57H81N3O7S. The molecule has 3 fully saturated rings. The topological polar surface area (TPSA) is 109 Å². The minimum absolute atomic E-state index is 0.234. The van der Waals surface area contributed by atoms with E-state index in [2.05, 4.69) is 56.8 Å². The van der Waals surface area contributed by atoms with E-state index >= 15 is 0 Å². The third-order valence-electron chi connectivity index (χ3n) is 13.6. The van der Waals surface area contributed by atoms with Crippen LogP contribution in [0.3, 0.4) is 0 Å². The van der Waals surface area contributed by atoms with Crippen LogP contribution >= 0.6 is 11.3 Å². The highest BCUT2D eigenvalue weighted by Gasteiger charge is 2.24. The van der Waals surface area contributed by atoms with Crippen LogP contribution in [0.2, 0.25) is 0 Å². The highest BCUT2D eigenvalue weighted by Crippen LogP contribution is 2.39. The lowest BCUT2D eigenvalue weighted by Gasteiger charge is -2.29. The minimum Gasteiger partial charge on any atom is -0.497 e. The third-order valence-corrected chi connectivity index (χ3v) is 14.7. The Balaban J connectivity index is 0.000000255. The summed E-state index contributed by atoms with van der Waals surface area (Å²) in [5.41, 5.74) is 3.49. The molecule has 372 valence electrons. The molecule has 10 nitrogen and oxygen atoms in total. The average molecular weight is 952 g/mol. The number of hydrogen-bond acceptors (Lipinski definition) is 11. The second-order valence-corrected chi connectivity index (χ2v) is 19.8. The van der Waals surface area contributed by atoms with Crippen LogP contribution in [0, 0.1) is 23.7 Å². The summed E-state index contributed by atoms with van der Waals surface area (Å²) < 4.78 is 28.2. The molecule has 0 N–H and O–H groups in total. The van der Waals surface area contributed by atoms with Crippen LogP contribution in [0.15, 0.2) is 84.5 Å². The maximum Gasteiger partial charge on any atom is 0.330 e. The molecule has 0 unspecified atom stereocenters. The van der Waals surface area contributed by atoms with Gasteiger partial charge in [0.15, 0.2) is 0 Å². The summed E-state index contributed by atoms with van der Waals surface area (Å²) in [4.78, 5) is 26.8. The first kappa shape index (κ1) is 54.2. The van der Waals surface area contributed by atoms with E-state index in [1.54, 1.807) is 25.6 Å². The average Bonchev–Trinajstić information content (AvgIpc) is 3.80. The number of unbranched alkanes of at least 4 members (excludes halogenated alkanes) is 3. The number of aromatic nitrogens is 1. The van der Waals surface area contributed by atoms with E-state index in [0.717, 1.165) is 123 Å². The second kappa shape index (κ2) is 31.4. The molecule has 3 saturated carbocycles. The Morgan fingerprint density at radius 1 is 0.779 bits per heavy atom. The molecule has 3 aliphatic rings. The van der Waals surface area contributed by atoms with Gasteiger partial charge in [0.1, 0.15) is 23.5 Å². The highest BCUT2D eigenvalue weighted by atomic mass is 32.1. The molecule has 0 aliphatic heterocycles. The fourth-order valence-electron chi connectivity index (χ4n) is 9.18. The molecule has 4 aromatic rings. The Morgan fingerprint density at radius 2 is 1.49 bits per heavy atom. The number of carbonyl (C=O) groups is 2. The lowest BCUT2D eigenvalue weighted by molar-refractivity contribution is -0.137. The lowest BCUT2D eigenvalue weighted by Crippen LogP contribution is -2.21. The molecule has 0 bridgehead atoms. The normalized spacial score (nSPS) is 19.1. The van der Waals surface area contributed by atoms with Gasteiger partial charge in [0.25, 0.3) is 0 Å². The van der Waals surface area contributed by atoms with Crippen LogP contribution in [0.1, 0.15) is 153 Å². The fraction of sp³-hybridized carbons (Fsp3) is 0.579. The SMILES string of the molecule is C=CC(=O)OCCCCCCOc1ccc(OC)cc1.CCCC1CCC(c2ccc(OCC3CCC(C=O)CC3)c(/C=N/N(CCC)c3nc4ccccc4s3)c2)CC1.COCCC1CCC1. The number of aldehydes is 1. The van der Waals surface area contributed by atoms with Crippen molar-refractivity contribution in [3.05, 3.63) is 90.5 Å². The summed E-state index contributed by atoms with van der Waals surface area (Å²) in [5, 5.41) is 7.95. The first-order chi connectivity index (χ1) is 33.4. The largest absolute Gasteiger partial charge is 0.497 e. The van der Waals surface area contributed by atoms with E-state index in [1.165, 1.54) is 80.5 Å². The van der Waals surface area contributed by atoms with Gasteiger partial charge in [-0.2, -0.15) is 5.10 Å². The Bertz CT molecular complexity index is 2020. The van der Waals surface area contributed by atoms with Crippen molar-refractivity contribution < 1.29 is 33.3 Å². The maximum atomic E-state index is 11.2. The first-order valence-electron chi connectivity index (χ1n) is 25.8. The van der Waals surface area contributed by atoms with Crippen LogP contribution in [0.5, 0.6) is 17.2 Å². The van der Waals surface area contributed by atoms with Gasteiger partial charge >= 0.3 is 5.97 Å². The molecule has 0 radical (unpaired) electrons. The zero-order valence-electron chi connectivity index (χ0n) is 41.8. The van der Waals surface area contributed by atoms with Gasteiger partial charge < -0.3 is 28.5 Å². The number of thiazole rings is 1. The predicted octanol–water partition coefficient (Wildman–Crippen LogP) is 14.2. The number of ether oxygens (including phenoxy) is 5. The van der Waals surface area contributed by atoms with Crippen LogP contribution < -0.4 is 19.2 Å². The summed E-state index contributed by atoms with van der Waals surface area (Å²) in [6.07, 6.45) is 26.9. The van der Waals surface area contributed by atoms with Gasteiger partial charge in [-0.15, -0.1) is 0 Å². The van der Waals surface area contributed by atoms with Crippen LogP contribution in [0.25, 0.3) is 10.2 Å². The van der Waals surface area contributed by atoms with Gasteiger partial charge in [-0.3, -0.25) is 0 Å². The fourth-order valence-corrected chi connectivity index (χ4v) is 10.1. The number of rotatable bonds is 25. The summed E-state index contributed by atoms with van der Waals surface area (Å²) in [6, 6.07) is 22.6. The van der Waals surface area contributed by atoms with E-state index in [-0.39, 0.29) is 11.9 Å². The summed E-state index contributed by atoms with van der Waals surface area (Å²) in [5.74, 6) is 5.50. The zero-order chi connectivity index (χ0) is 48.2. The molecular weight excluding hydrogens is 871 g/mol. The Hall–Kier alpha value is -4.74. The van der Waals surface area contributed by atoms with Crippen molar-refractivity contribution in [2.45, 2.75) is 142 Å². The van der Waals surface area contributed by atoms with Crippen molar-refractivity contribution in [1.82, 2.24) is 4.98 Å². The van der Waals surface area contributed by atoms with Crippen molar-refractivity contribution >= 4 is 45.2 Å².